The van der Waals surface area contributed by atoms with Crippen LogP contribution in [0.25, 0.3) is 0 Å². The van der Waals surface area contributed by atoms with Crippen LogP contribution in [0.5, 0.6) is 5.75 Å². The van der Waals surface area contributed by atoms with Crippen molar-refractivity contribution in [2.24, 2.45) is 5.92 Å². The van der Waals surface area contributed by atoms with Crippen molar-refractivity contribution in [1.82, 2.24) is 5.32 Å². The fraction of sp³-hybridized carbons (Fsp3) is 0.500. The first-order valence-corrected chi connectivity index (χ1v) is 10.9. The van der Waals surface area contributed by atoms with E-state index in [-0.39, 0.29) is 17.9 Å². The Bertz CT molecular complexity index is 738. The number of nitrogens with one attached hydrogen (secondary N) is 2. The third-order valence-electron chi connectivity index (χ3n) is 5.53. The summed E-state index contributed by atoms with van der Waals surface area (Å²) in [6, 6.07) is 13.0. The molecule has 2 atom stereocenters. The van der Waals surface area contributed by atoms with Gasteiger partial charge in [0.25, 0.3) is 0 Å². The summed E-state index contributed by atoms with van der Waals surface area (Å²) in [5.74, 6) is 1.03. The number of nitrogens with zero attached hydrogens (tertiary/aromatic N) is 1. The smallest absolute Gasteiger partial charge is 0.222 e. The highest BCUT2D eigenvalue weighted by Crippen LogP contribution is 2.22. The lowest BCUT2D eigenvalue weighted by Crippen LogP contribution is -3.16. The summed E-state index contributed by atoms with van der Waals surface area (Å²) in [6.07, 6.45) is 0. The number of ether oxygens (including phenoxy) is 1. The second-order valence-corrected chi connectivity index (χ2v) is 8.77. The molecule has 5 nitrogen and oxygen atoms in total. The zero-order valence-electron chi connectivity index (χ0n) is 17.3. The zero-order valence-corrected chi connectivity index (χ0v) is 18.1. The van der Waals surface area contributed by atoms with Gasteiger partial charge >= 0.3 is 0 Å². The monoisotopic (exact) mass is 402 g/mol. The van der Waals surface area contributed by atoms with Gasteiger partial charge in [0.1, 0.15) is 11.8 Å². The van der Waals surface area contributed by atoms with Crippen molar-refractivity contribution < 1.29 is 14.4 Å². The van der Waals surface area contributed by atoms with Crippen molar-refractivity contribution >= 4 is 22.9 Å². The minimum atomic E-state index is 0.00774. The van der Waals surface area contributed by atoms with Crippen molar-refractivity contribution in [3.63, 3.8) is 0 Å². The third-order valence-corrected chi connectivity index (χ3v) is 6.48. The molecule has 1 aromatic carbocycles. The summed E-state index contributed by atoms with van der Waals surface area (Å²) < 4.78 is 5.27. The SMILES string of the molecule is COc1ccc(N2CC[NH+]([C@@H](c3cccs3)[C@@H](C)NC(=O)C(C)C)CC2)cc1. The van der Waals surface area contributed by atoms with Gasteiger partial charge in [-0.25, -0.2) is 0 Å². The van der Waals surface area contributed by atoms with Crippen LogP contribution in [-0.2, 0) is 4.79 Å². The van der Waals surface area contributed by atoms with Crippen molar-refractivity contribution in [1.29, 1.82) is 0 Å². The number of piperazine rings is 1. The van der Waals surface area contributed by atoms with Gasteiger partial charge < -0.3 is 19.9 Å². The molecule has 0 bridgehead atoms. The number of amides is 1. The molecule has 1 aliphatic rings. The Labute approximate surface area is 172 Å². The molecule has 2 aromatic rings. The number of hydrogen-bond donors (Lipinski definition) is 2. The van der Waals surface area contributed by atoms with Gasteiger partial charge in [0.2, 0.25) is 5.91 Å². The number of quaternary nitrogens is 1. The lowest BCUT2D eigenvalue weighted by molar-refractivity contribution is -0.933. The van der Waals surface area contributed by atoms with E-state index in [0.29, 0.717) is 6.04 Å². The van der Waals surface area contributed by atoms with Crippen LogP contribution in [0.4, 0.5) is 5.69 Å². The molecule has 3 rings (SSSR count). The second kappa shape index (κ2) is 9.43. The Morgan fingerprint density at radius 2 is 1.82 bits per heavy atom. The van der Waals surface area contributed by atoms with Gasteiger partial charge in [-0.2, -0.15) is 0 Å². The fourth-order valence-electron chi connectivity index (χ4n) is 3.90. The maximum Gasteiger partial charge on any atom is 0.222 e. The van der Waals surface area contributed by atoms with E-state index in [1.807, 2.05) is 26.0 Å². The average Bonchev–Trinajstić information content (AvgIpc) is 3.23. The Hall–Kier alpha value is -2.05. The highest BCUT2D eigenvalue weighted by molar-refractivity contribution is 7.10. The number of methoxy groups -OCH3 is 1. The van der Waals surface area contributed by atoms with E-state index in [4.69, 9.17) is 4.74 Å². The molecule has 1 amide bonds. The quantitative estimate of drug-likeness (QED) is 0.747. The molecule has 28 heavy (non-hydrogen) atoms. The number of carbonyl (C=O) groups excluding carboxylic acids is 1. The molecule has 6 heteroatoms. The Kier molecular flexibility index (Phi) is 6.97. The molecule has 0 unspecified atom stereocenters. The van der Waals surface area contributed by atoms with Crippen molar-refractivity contribution in [2.45, 2.75) is 32.9 Å². The molecule has 1 fully saturated rings. The van der Waals surface area contributed by atoms with Crippen LogP contribution in [0.1, 0.15) is 31.7 Å². The number of carbonyl (C=O) groups is 1. The summed E-state index contributed by atoms with van der Waals surface area (Å²) in [5.41, 5.74) is 1.24. The Morgan fingerprint density at radius 3 is 2.36 bits per heavy atom. The molecule has 1 saturated heterocycles. The van der Waals surface area contributed by atoms with Crippen LogP contribution in [0.15, 0.2) is 41.8 Å². The largest absolute Gasteiger partial charge is 0.497 e. The number of benzene rings is 1. The summed E-state index contributed by atoms with van der Waals surface area (Å²) >= 11 is 1.79. The topological polar surface area (TPSA) is 46.0 Å². The molecular formula is C22H32N3O2S+. The summed E-state index contributed by atoms with van der Waals surface area (Å²) in [6.45, 7) is 10.2. The van der Waals surface area contributed by atoms with Gasteiger partial charge in [-0.3, -0.25) is 4.79 Å². The van der Waals surface area contributed by atoms with E-state index in [0.717, 1.165) is 31.9 Å². The highest BCUT2D eigenvalue weighted by atomic mass is 32.1. The zero-order chi connectivity index (χ0) is 20.1. The molecule has 0 spiro atoms. The molecule has 1 aliphatic heterocycles. The van der Waals surface area contributed by atoms with Crippen LogP contribution in [0, 0.1) is 5.92 Å². The Balaban J connectivity index is 1.68. The van der Waals surface area contributed by atoms with Crippen LogP contribution in [0.2, 0.25) is 0 Å². The lowest BCUT2D eigenvalue weighted by Gasteiger charge is -2.39. The Morgan fingerprint density at radius 1 is 1.14 bits per heavy atom. The predicted molar refractivity (Wildman–Crippen MR) is 115 cm³/mol. The van der Waals surface area contributed by atoms with E-state index in [2.05, 4.69) is 46.8 Å². The van der Waals surface area contributed by atoms with Crippen LogP contribution in [-0.4, -0.2) is 45.2 Å². The molecule has 1 aromatic heterocycles. The van der Waals surface area contributed by atoms with E-state index in [1.165, 1.54) is 10.6 Å². The molecule has 0 radical (unpaired) electrons. The van der Waals surface area contributed by atoms with Gasteiger partial charge in [0.05, 0.1) is 44.2 Å². The van der Waals surface area contributed by atoms with E-state index < -0.39 is 0 Å². The van der Waals surface area contributed by atoms with Gasteiger partial charge in [-0.1, -0.05) is 19.9 Å². The molecule has 2 heterocycles. The van der Waals surface area contributed by atoms with E-state index in [9.17, 15) is 4.79 Å². The number of rotatable bonds is 7. The summed E-state index contributed by atoms with van der Waals surface area (Å²) in [5, 5.41) is 5.37. The summed E-state index contributed by atoms with van der Waals surface area (Å²) in [4.78, 5) is 17.6. The van der Waals surface area contributed by atoms with Crippen molar-refractivity contribution in [3.05, 3.63) is 46.7 Å². The highest BCUT2D eigenvalue weighted by Gasteiger charge is 2.34. The van der Waals surface area contributed by atoms with E-state index in [1.54, 1.807) is 23.3 Å². The maximum absolute atomic E-state index is 12.3. The average molecular weight is 403 g/mol. The predicted octanol–water partition coefficient (Wildman–Crippen LogP) is 2.36. The first-order valence-electron chi connectivity index (χ1n) is 10.1. The molecule has 2 N–H and O–H groups in total. The summed E-state index contributed by atoms with van der Waals surface area (Å²) in [7, 11) is 1.70. The minimum Gasteiger partial charge on any atom is -0.497 e. The van der Waals surface area contributed by atoms with Crippen LogP contribution < -0.4 is 19.9 Å². The lowest BCUT2D eigenvalue weighted by atomic mass is 10.0. The standard InChI is InChI=1S/C22H31N3O2S/c1-16(2)22(26)23-17(3)21(20-6-5-15-28-20)25-13-11-24(12-14-25)18-7-9-19(27-4)10-8-18/h5-10,15-17,21H,11-14H2,1-4H3,(H,23,26)/p+1/t17-,21-/m1/s1. The van der Waals surface area contributed by atoms with Gasteiger partial charge in [0.15, 0.2) is 0 Å². The first kappa shape index (κ1) is 20.7. The maximum atomic E-state index is 12.3. The fourth-order valence-corrected chi connectivity index (χ4v) is 4.89. The first-order chi connectivity index (χ1) is 13.5. The van der Waals surface area contributed by atoms with Gasteiger partial charge in [-0.05, 0) is 42.6 Å². The minimum absolute atomic E-state index is 0.00774. The van der Waals surface area contributed by atoms with Crippen molar-refractivity contribution in [2.75, 3.05) is 38.2 Å². The number of thiophene rings is 1. The third kappa shape index (κ3) is 4.86. The second-order valence-electron chi connectivity index (χ2n) is 7.79. The van der Waals surface area contributed by atoms with Crippen LogP contribution >= 0.6 is 11.3 Å². The molecule has 0 aliphatic carbocycles. The van der Waals surface area contributed by atoms with E-state index >= 15 is 0 Å². The molecular weight excluding hydrogens is 370 g/mol. The van der Waals surface area contributed by atoms with Gasteiger partial charge in [0, 0.05) is 11.6 Å². The normalized spacial score (nSPS) is 17.4. The number of hydrogen-bond acceptors (Lipinski definition) is 4. The molecule has 0 saturated carbocycles. The van der Waals surface area contributed by atoms with Gasteiger partial charge in [-0.15, -0.1) is 11.3 Å². The van der Waals surface area contributed by atoms with Crippen LogP contribution in [0.3, 0.4) is 0 Å². The van der Waals surface area contributed by atoms with Crippen molar-refractivity contribution in [3.8, 4) is 5.75 Å². The molecule has 152 valence electrons. The number of anilines is 1.